The summed E-state index contributed by atoms with van der Waals surface area (Å²) in [5.41, 5.74) is 7.81. The summed E-state index contributed by atoms with van der Waals surface area (Å²) < 4.78 is 46.4. The van der Waals surface area contributed by atoms with Crippen molar-refractivity contribution in [2.75, 3.05) is 59.7 Å². The second-order valence-corrected chi connectivity index (χ2v) is 13.2. The zero-order chi connectivity index (χ0) is 44.5. The Hall–Kier alpha value is -2.23. The van der Waals surface area contributed by atoms with Crippen molar-refractivity contribution in [1.82, 2.24) is 29.5 Å². The van der Waals surface area contributed by atoms with Crippen molar-refractivity contribution >= 4 is 46.1 Å². The van der Waals surface area contributed by atoms with Crippen molar-refractivity contribution in [1.29, 1.82) is 0 Å². The van der Waals surface area contributed by atoms with Crippen molar-refractivity contribution in [3.05, 3.63) is 82.7 Å². The van der Waals surface area contributed by atoms with Crippen molar-refractivity contribution in [2.24, 2.45) is 0 Å². The molecule has 17 nitrogen and oxygen atoms in total. The Bertz CT molecular complexity index is 2010. The summed E-state index contributed by atoms with van der Waals surface area (Å²) >= 11 is 3.56. The normalized spacial score (nSPS) is 13.1. The van der Waals surface area contributed by atoms with E-state index >= 15 is 0 Å². The maximum atomic E-state index is 11.3. The van der Waals surface area contributed by atoms with Crippen LogP contribution in [0.15, 0.2) is 60.2 Å². The number of alkyl halides is 2. The zero-order valence-electron chi connectivity index (χ0n) is 37.8. The Balaban J connectivity index is 0. The second-order valence-electron chi connectivity index (χ2n) is 12.7. The molecule has 6 heterocycles. The van der Waals surface area contributed by atoms with E-state index in [2.05, 4.69) is 79.4 Å². The Labute approximate surface area is 451 Å². The largest absolute Gasteiger partial charge is 1.00 e. The van der Waals surface area contributed by atoms with E-state index in [9.17, 15) is 14.0 Å². The molecule has 2 aliphatic heterocycles. The number of carbonyl (C=O) groups is 3. The van der Waals surface area contributed by atoms with Crippen molar-refractivity contribution in [2.45, 2.75) is 52.6 Å². The van der Waals surface area contributed by atoms with Gasteiger partial charge in [0.1, 0.15) is 18.1 Å². The minimum absolute atomic E-state index is 0. The van der Waals surface area contributed by atoms with Crippen LogP contribution in [0.2, 0.25) is 0 Å². The Morgan fingerprint density at radius 2 is 1.34 bits per heavy atom. The van der Waals surface area contributed by atoms with E-state index in [0.717, 1.165) is 47.9 Å². The van der Waals surface area contributed by atoms with Crippen LogP contribution < -0.4 is 122 Å². The van der Waals surface area contributed by atoms with Gasteiger partial charge >= 0.3 is 103 Å². The zero-order valence-corrected chi connectivity index (χ0v) is 43.7. The van der Waals surface area contributed by atoms with Crippen LogP contribution >= 0.6 is 15.9 Å². The van der Waals surface area contributed by atoms with E-state index in [1.165, 1.54) is 49.5 Å². The summed E-state index contributed by atoms with van der Waals surface area (Å²) in [6.45, 7) is 11.4. The maximum absolute atomic E-state index is 11.3. The van der Waals surface area contributed by atoms with Crippen molar-refractivity contribution < 1.29 is 163 Å². The molecular weight excluding hydrogens is 918 g/mol. The molecule has 0 atom stereocenters. The number of aromatic hydroxyl groups is 1. The number of halogens is 2. The quantitative estimate of drug-likeness (QED) is 0.0601. The molecule has 2 aliphatic rings. The molecule has 4 aromatic rings. The van der Waals surface area contributed by atoms with Crippen LogP contribution in [0.25, 0.3) is 11.1 Å². The van der Waals surface area contributed by atoms with Crippen LogP contribution in [0.3, 0.4) is 0 Å². The first kappa shape index (κ1) is 56.8. The van der Waals surface area contributed by atoms with Gasteiger partial charge in [-0.05, 0) is 63.8 Å². The third-order valence-electron chi connectivity index (χ3n) is 8.42. The van der Waals surface area contributed by atoms with Gasteiger partial charge in [0.05, 0.1) is 84.1 Å². The molecule has 0 amide bonds. The molecule has 1 N–H and O–H groups in total. The number of aldehydes is 2. The van der Waals surface area contributed by atoms with Crippen LogP contribution in [-0.2, 0) is 19.2 Å². The molecule has 21 heteroatoms. The summed E-state index contributed by atoms with van der Waals surface area (Å²) in [4.78, 5) is 40.6. The summed E-state index contributed by atoms with van der Waals surface area (Å²) in [7, 11) is 1.95. The Morgan fingerprint density at radius 1 is 0.885 bits per heavy atom. The van der Waals surface area contributed by atoms with Gasteiger partial charge in [-0.3, -0.25) is 28.1 Å². The third kappa shape index (κ3) is 18.8. The number of hydrogen-bond acceptors (Lipinski definition) is 15. The summed E-state index contributed by atoms with van der Waals surface area (Å²) in [5.74, 6) is 0.994. The molecule has 61 heavy (non-hydrogen) atoms. The SMILES string of the molecule is CC(C)n1nccc1C1=C(CBr)CCOC1.COc1cc(C=O)c(O)cn1.COc1cc(C=O)c(OCC2=C(c3ccnn3C(C)C)COCC2)cn1.O=CO[O-].[2H]CF.[H-].[K+].[K+]. The molecule has 0 radical (unpaired) electrons. The van der Waals surface area contributed by atoms with E-state index in [1.807, 2.05) is 16.9 Å². The number of pyridine rings is 2. The number of aromatic nitrogens is 6. The van der Waals surface area contributed by atoms with E-state index in [4.69, 9.17) is 40.2 Å². The fourth-order valence-electron chi connectivity index (χ4n) is 5.57. The minimum atomic E-state index is -1.00. The molecule has 0 unspecified atom stereocenters. The fourth-order valence-corrected chi connectivity index (χ4v) is 6.19. The molecule has 0 bridgehead atoms. The van der Waals surface area contributed by atoms with E-state index in [-0.39, 0.29) is 128 Å². The van der Waals surface area contributed by atoms with Crippen LogP contribution in [0.1, 0.15) is 87.5 Å². The number of carbonyl (C=O) groups excluding carboxylic acids is 3. The van der Waals surface area contributed by atoms with Crippen LogP contribution in [0.4, 0.5) is 4.39 Å². The fraction of sp³-hybridized carbons (Fsp3) is 0.425. The summed E-state index contributed by atoms with van der Waals surface area (Å²) in [6.07, 6.45) is 9.42. The standard InChI is InChI=1S/C19H23N3O4.C12H17BrN2O.C7H7NO3.CH3F.CH2O3.2K.H/c1-13(2)22-17(4-6-21-22)16-12-25-7-5-14(16)11-26-18-9-20-19(24-3)8-15(18)10-23;1-9(2)15-12(3-5-14-15)11-8-16-6-4-10(11)7-13;1-11-7-2-5(4-9)6(10)3-8-7;1-2;2-1-4-3;;;/h4,6,8-10,13H,5,7,11-12H2,1-3H3;3,5,9H,4,6-8H2,1-2H3;2-4,10H,1H3;1H3;1,3H;;;/q;;;;;2*+1;-1/p-1/i;;;1D;;;;. The number of methoxy groups -OCH3 is 2. The molecule has 324 valence electrons. The third-order valence-corrected chi connectivity index (χ3v) is 9.09. The maximum Gasteiger partial charge on any atom is 1.00 e. The number of hydrogen-bond donors (Lipinski definition) is 1. The molecule has 6 rings (SSSR count). The number of nitrogens with zero attached hydrogens (tertiary/aromatic N) is 6. The average molecular weight is 971 g/mol. The molecule has 4 aromatic heterocycles. The molecule has 0 aromatic carbocycles. The van der Waals surface area contributed by atoms with Gasteiger partial charge in [0.15, 0.2) is 12.6 Å². The topological polar surface area (TPSA) is 211 Å². The predicted octanol–water partition coefficient (Wildman–Crippen LogP) is -0.285. The Kier molecular flexibility index (Phi) is 31.0. The van der Waals surface area contributed by atoms with Gasteiger partial charge in [0.2, 0.25) is 11.8 Å². The van der Waals surface area contributed by atoms with Gasteiger partial charge in [-0.25, -0.2) is 9.97 Å². The van der Waals surface area contributed by atoms with Crippen LogP contribution in [0, 0.1) is 0 Å². The molecular formula is C40H52BrFK2N6O11. The first-order valence-electron chi connectivity index (χ1n) is 18.8. The molecule has 0 fully saturated rings. The van der Waals surface area contributed by atoms with Gasteiger partial charge < -0.3 is 40.4 Å². The molecule has 0 saturated heterocycles. The van der Waals surface area contributed by atoms with E-state index in [1.54, 1.807) is 12.3 Å². The smallest absolute Gasteiger partial charge is 1.00 e. The van der Waals surface area contributed by atoms with Crippen LogP contribution in [-0.4, -0.2) is 113 Å². The number of ether oxygens (including phenoxy) is 5. The first-order chi connectivity index (χ1) is 29.0. The van der Waals surface area contributed by atoms with E-state index < -0.39 is 7.15 Å². The molecule has 0 saturated carbocycles. The second kappa shape index (κ2) is 33.3. The Morgan fingerprint density at radius 3 is 1.79 bits per heavy atom. The first-order valence-corrected chi connectivity index (χ1v) is 19.2. The minimum Gasteiger partial charge on any atom is -1.00 e. The van der Waals surface area contributed by atoms with Crippen molar-refractivity contribution in [3.8, 4) is 23.3 Å². The summed E-state index contributed by atoms with van der Waals surface area (Å²) in [6, 6.07) is 7.64. The predicted molar refractivity (Wildman–Crippen MR) is 219 cm³/mol. The monoisotopic (exact) mass is 969 g/mol. The van der Waals surface area contributed by atoms with Gasteiger partial charge in [-0.15, -0.1) is 0 Å². The average Bonchev–Trinajstić information content (AvgIpc) is 3.98. The van der Waals surface area contributed by atoms with Gasteiger partial charge in [-0.1, -0.05) is 15.9 Å². The van der Waals surface area contributed by atoms with Gasteiger partial charge in [0, 0.05) is 53.1 Å². The summed E-state index contributed by atoms with van der Waals surface area (Å²) in [5, 5.41) is 27.1. The molecule has 0 aliphatic carbocycles. The number of rotatable bonds is 13. The van der Waals surface area contributed by atoms with Gasteiger partial charge in [-0.2, -0.15) is 10.2 Å². The van der Waals surface area contributed by atoms with Gasteiger partial charge in [0.25, 0.3) is 6.47 Å². The molecule has 0 spiro atoms. The van der Waals surface area contributed by atoms with E-state index in [0.29, 0.717) is 61.8 Å². The van der Waals surface area contributed by atoms with Crippen molar-refractivity contribution in [3.63, 3.8) is 0 Å². The van der Waals surface area contributed by atoms with Crippen LogP contribution in [0.5, 0.6) is 23.3 Å².